The molecule has 0 spiro atoms. The van der Waals surface area contributed by atoms with Crippen LogP contribution in [0.4, 0.5) is 0 Å². The Labute approximate surface area is 100 Å². The fourth-order valence-corrected chi connectivity index (χ4v) is 1.99. The summed E-state index contributed by atoms with van der Waals surface area (Å²) in [5.74, 6) is -0.399. The fourth-order valence-electron chi connectivity index (χ4n) is 1.99. The number of nitrogens with one attached hydrogen (secondary N) is 2. The maximum Gasteiger partial charge on any atom is 0.243 e. The predicted molar refractivity (Wildman–Crippen MR) is 64.2 cm³/mol. The second-order valence-electron chi connectivity index (χ2n) is 4.30. The van der Waals surface area contributed by atoms with Gasteiger partial charge in [0.15, 0.2) is 0 Å². The van der Waals surface area contributed by atoms with E-state index in [1.54, 1.807) is 0 Å². The number of carbonyl (C=O) groups is 2. The van der Waals surface area contributed by atoms with E-state index in [9.17, 15) is 9.59 Å². The van der Waals surface area contributed by atoms with Crippen molar-refractivity contribution in [1.29, 1.82) is 0 Å². The minimum atomic E-state index is -0.275. The van der Waals surface area contributed by atoms with Crippen LogP contribution in [-0.2, 0) is 9.59 Å². The van der Waals surface area contributed by atoms with Gasteiger partial charge in [0.05, 0.1) is 6.04 Å². The molecule has 2 unspecified atom stereocenters. The SMILES string of the molecule is CC(NC1CCC(=O)NC1=O)c1ccccc1. The number of hydrogen-bond acceptors (Lipinski definition) is 3. The number of rotatable bonds is 3. The second-order valence-corrected chi connectivity index (χ2v) is 4.30. The van der Waals surface area contributed by atoms with Crippen molar-refractivity contribution >= 4 is 11.8 Å². The molecule has 1 saturated heterocycles. The Morgan fingerprint density at radius 2 is 2.00 bits per heavy atom. The Morgan fingerprint density at radius 1 is 1.29 bits per heavy atom. The number of hydrogen-bond donors (Lipinski definition) is 2. The summed E-state index contributed by atoms with van der Waals surface area (Å²) in [5.41, 5.74) is 1.14. The van der Waals surface area contributed by atoms with Gasteiger partial charge in [0.1, 0.15) is 0 Å². The standard InChI is InChI=1S/C13H16N2O2/c1-9(10-5-3-2-4-6-10)14-11-7-8-12(16)15-13(11)17/h2-6,9,11,14H,7-8H2,1H3,(H,15,16,17). The number of piperidine rings is 1. The van der Waals surface area contributed by atoms with Gasteiger partial charge >= 0.3 is 0 Å². The highest BCUT2D eigenvalue weighted by atomic mass is 16.2. The first kappa shape index (κ1) is 11.8. The molecular weight excluding hydrogens is 216 g/mol. The van der Waals surface area contributed by atoms with Gasteiger partial charge < -0.3 is 0 Å². The molecule has 0 bridgehead atoms. The van der Waals surface area contributed by atoms with Crippen molar-refractivity contribution in [3.63, 3.8) is 0 Å². The number of imide groups is 1. The Bertz CT molecular complexity index is 417. The van der Waals surface area contributed by atoms with E-state index in [0.29, 0.717) is 12.8 Å². The Balaban J connectivity index is 1.97. The summed E-state index contributed by atoms with van der Waals surface area (Å²) in [7, 11) is 0. The molecule has 0 saturated carbocycles. The molecule has 2 rings (SSSR count). The molecule has 0 aromatic heterocycles. The molecule has 2 N–H and O–H groups in total. The van der Waals surface area contributed by atoms with Crippen LogP contribution in [0.25, 0.3) is 0 Å². The summed E-state index contributed by atoms with van der Waals surface area (Å²) in [4.78, 5) is 22.6. The number of amides is 2. The number of carbonyl (C=O) groups excluding carboxylic acids is 2. The molecule has 1 aromatic rings. The van der Waals surface area contributed by atoms with E-state index in [2.05, 4.69) is 10.6 Å². The van der Waals surface area contributed by atoms with Crippen LogP contribution in [0.1, 0.15) is 31.4 Å². The van der Waals surface area contributed by atoms with Gasteiger partial charge in [-0.25, -0.2) is 0 Å². The van der Waals surface area contributed by atoms with Crippen LogP contribution in [-0.4, -0.2) is 17.9 Å². The third-order valence-corrected chi connectivity index (χ3v) is 2.99. The Kier molecular flexibility index (Phi) is 3.54. The summed E-state index contributed by atoms with van der Waals surface area (Å²) < 4.78 is 0. The molecule has 1 aromatic carbocycles. The molecule has 2 amide bonds. The van der Waals surface area contributed by atoms with E-state index in [0.717, 1.165) is 5.56 Å². The van der Waals surface area contributed by atoms with Crippen molar-refractivity contribution in [3.05, 3.63) is 35.9 Å². The van der Waals surface area contributed by atoms with Crippen LogP contribution in [0.5, 0.6) is 0 Å². The van der Waals surface area contributed by atoms with Gasteiger partial charge in [-0.05, 0) is 18.9 Å². The van der Waals surface area contributed by atoms with Crippen molar-refractivity contribution in [1.82, 2.24) is 10.6 Å². The Morgan fingerprint density at radius 3 is 2.65 bits per heavy atom. The van der Waals surface area contributed by atoms with Crippen molar-refractivity contribution in [2.45, 2.75) is 31.8 Å². The van der Waals surface area contributed by atoms with Gasteiger partial charge in [0.25, 0.3) is 0 Å². The molecule has 1 heterocycles. The zero-order chi connectivity index (χ0) is 12.3. The fraction of sp³-hybridized carbons (Fsp3) is 0.385. The van der Waals surface area contributed by atoms with Crippen molar-refractivity contribution in [3.8, 4) is 0 Å². The number of benzene rings is 1. The highest BCUT2D eigenvalue weighted by Crippen LogP contribution is 2.14. The lowest BCUT2D eigenvalue weighted by Crippen LogP contribution is -2.51. The summed E-state index contributed by atoms with van der Waals surface area (Å²) in [5, 5.41) is 5.59. The van der Waals surface area contributed by atoms with Crippen LogP contribution in [0.15, 0.2) is 30.3 Å². The Hall–Kier alpha value is -1.68. The molecule has 4 heteroatoms. The maximum absolute atomic E-state index is 11.6. The average molecular weight is 232 g/mol. The van der Waals surface area contributed by atoms with Gasteiger partial charge in [-0.15, -0.1) is 0 Å². The summed E-state index contributed by atoms with van der Waals surface area (Å²) in [6.07, 6.45) is 0.979. The molecule has 1 aliphatic rings. The highest BCUT2D eigenvalue weighted by Gasteiger charge is 2.27. The van der Waals surface area contributed by atoms with Crippen molar-refractivity contribution in [2.75, 3.05) is 0 Å². The van der Waals surface area contributed by atoms with Gasteiger partial charge in [-0.1, -0.05) is 30.3 Å². The normalized spacial score (nSPS) is 22.1. The quantitative estimate of drug-likeness (QED) is 0.768. The van der Waals surface area contributed by atoms with Crippen LogP contribution in [0, 0.1) is 0 Å². The lowest BCUT2D eigenvalue weighted by Gasteiger charge is -2.25. The third kappa shape index (κ3) is 2.91. The van der Waals surface area contributed by atoms with Crippen LogP contribution in [0.3, 0.4) is 0 Å². The summed E-state index contributed by atoms with van der Waals surface area (Å²) >= 11 is 0. The van der Waals surface area contributed by atoms with E-state index in [1.165, 1.54) is 0 Å². The molecule has 1 aliphatic heterocycles. The average Bonchev–Trinajstić information content (AvgIpc) is 2.34. The van der Waals surface area contributed by atoms with Gasteiger partial charge in [0, 0.05) is 12.5 Å². The van der Waals surface area contributed by atoms with Crippen LogP contribution < -0.4 is 10.6 Å². The first-order valence-corrected chi connectivity index (χ1v) is 5.81. The first-order chi connectivity index (χ1) is 8.16. The minimum absolute atomic E-state index is 0.0974. The molecule has 0 aliphatic carbocycles. The zero-order valence-corrected chi connectivity index (χ0v) is 9.77. The van der Waals surface area contributed by atoms with E-state index in [-0.39, 0.29) is 23.9 Å². The van der Waals surface area contributed by atoms with Crippen LogP contribution in [0.2, 0.25) is 0 Å². The molecular formula is C13H16N2O2. The van der Waals surface area contributed by atoms with E-state index >= 15 is 0 Å². The molecule has 0 radical (unpaired) electrons. The van der Waals surface area contributed by atoms with Crippen molar-refractivity contribution in [2.24, 2.45) is 0 Å². The lowest BCUT2D eigenvalue weighted by molar-refractivity contribution is -0.134. The first-order valence-electron chi connectivity index (χ1n) is 5.81. The minimum Gasteiger partial charge on any atom is -0.299 e. The predicted octanol–water partition coefficient (Wildman–Crippen LogP) is 1.14. The molecule has 4 nitrogen and oxygen atoms in total. The van der Waals surface area contributed by atoms with Gasteiger partial charge in [-0.2, -0.15) is 0 Å². The summed E-state index contributed by atoms with van der Waals surface area (Å²) in [6, 6.07) is 9.76. The van der Waals surface area contributed by atoms with E-state index < -0.39 is 0 Å². The van der Waals surface area contributed by atoms with Crippen molar-refractivity contribution < 1.29 is 9.59 Å². The van der Waals surface area contributed by atoms with Crippen LogP contribution >= 0.6 is 0 Å². The lowest BCUT2D eigenvalue weighted by atomic mass is 10.0. The van der Waals surface area contributed by atoms with Gasteiger partial charge in [0.2, 0.25) is 11.8 Å². The summed E-state index contributed by atoms with van der Waals surface area (Å²) in [6.45, 7) is 2.01. The van der Waals surface area contributed by atoms with Gasteiger partial charge in [-0.3, -0.25) is 20.2 Å². The zero-order valence-electron chi connectivity index (χ0n) is 9.77. The molecule has 2 atom stereocenters. The maximum atomic E-state index is 11.6. The van der Waals surface area contributed by atoms with E-state index in [4.69, 9.17) is 0 Å². The topological polar surface area (TPSA) is 58.2 Å². The second kappa shape index (κ2) is 5.10. The smallest absolute Gasteiger partial charge is 0.243 e. The monoisotopic (exact) mass is 232 g/mol. The highest BCUT2D eigenvalue weighted by molar-refractivity contribution is 6.00. The van der Waals surface area contributed by atoms with E-state index in [1.807, 2.05) is 37.3 Å². The third-order valence-electron chi connectivity index (χ3n) is 2.99. The molecule has 17 heavy (non-hydrogen) atoms. The molecule has 1 fully saturated rings. The largest absolute Gasteiger partial charge is 0.299 e. The molecule has 90 valence electrons.